The fourth-order valence-corrected chi connectivity index (χ4v) is 1.86. The van der Waals surface area contributed by atoms with Crippen LogP contribution in [0.4, 0.5) is 0 Å². The minimum absolute atomic E-state index is 0.00806. The van der Waals surface area contributed by atoms with Crippen LogP contribution >= 0.6 is 0 Å². The molecule has 1 amide bonds. The molecule has 0 aromatic rings. The Hall–Kier alpha value is -1.48. The first-order chi connectivity index (χ1) is 8.33. The van der Waals surface area contributed by atoms with Gasteiger partial charge in [0.05, 0.1) is 18.8 Å². The molecule has 1 rings (SSSR count). The zero-order valence-corrected chi connectivity index (χ0v) is 10.6. The van der Waals surface area contributed by atoms with Gasteiger partial charge in [0.1, 0.15) is 0 Å². The van der Waals surface area contributed by atoms with E-state index in [9.17, 15) is 18.0 Å². The van der Waals surface area contributed by atoms with E-state index in [1.807, 2.05) is 0 Å². The van der Waals surface area contributed by atoms with Crippen molar-refractivity contribution in [3.05, 3.63) is 0 Å². The lowest BCUT2D eigenvalue weighted by atomic mass is 10.3. The Labute approximate surface area is 104 Å². The van der Waals surface area contributed by atoms with Gasteiger partial charge in [0.2, 0.25) is 5.91 Å². The maximum absolute atomic E-state index is 11.4. The van der Waals surface area contributed by atoms with E-state index in [-0.39, 0.29) is 31.7 Å². The lowest BCUT2D eigenvalue weighted by Gasteiger charge is -2.09. The Morgan fingerprint density at radius 3 is 2.78 bits per heavy atom. The lowest BCUT2D eigenvalue weighted by Crippen LogP contribution is -2.23. The summed E-state index contributed by atoms with van der Waals surface area (Å²) in [6.07, 6.45) is -0.102. The summed E-state index contributed by atoms with van der Waals surface area (Å²) in [5, 5.41) is 4.77. The van der Waals surface area contributed by atoms with Crippen LogP contribution in [0.25, 0.3) is 0 Å². The largest absolute Gasteiger partial charge is 0.461 e. The van der Waals surface area contributed by atoms with Crippen LogP contribution in [0.5, 0.6) is 0 Å². The predicted molar refractivity (Wildman–Crippen MR) is 61.4 cm³/mol. The highest BCUT2D eigenvalue weighted by Crippen LogP contribution is 2.10. The SMILES string of the molecule is CCOC(=O)C1=NN(CCCS(=O)(=O)O)C(=O)C1. The molecule has 0 aromatic carbocycles. The summed E-state index contributed by atoms with van der Waals surface area (Å²) in [6, 6.07) is 0. The lowest BCUT2D eigenvalue weighted by molar-refractivity contribution is -0.135. The Morgan fingerprint density at radius 1 is 1.56 bits per heavy atom. The average molecular weight is 278 g/mol. The van der Waals surface area contributed by atoms with Gasteiger partial charge >= 0.3 is 5.97 Å². The van der Waals surface area contributed by atoms with Gasteiger partial charge < -0.3 is 4.74 Å². The molecule has 102 valence electrons. The van der Waals surface area contributed by atoms with E-state index in [4.69, 9.17) is 9.29 Å². The number of hydrogen-bond acceptors (Lipinski definition) is 6. The minimum Gasteiger partial charge on any atom is -0.461 e. The van der Waals surface area contributed by atoms with Crippen molar-refractivity contribution in [3.63, 3.8) is 0 Å². The number of ether oxygens (including phenoxy) is 1. The molecule has 0 bridgehead atoms. The van der Waals surface area contributed by atoms with E-state index >= 15 is 0 Å². The molecule has 8 nitrogen and oxygen atoms in total. The van der Waals surface area contributed by atoms with E-state index in [2.05, 4.69) is 5.10 Å². The van der Waals surface area contributed by atoms with Crippen LogP contribution in [0.15, 0.2) is 5.10 Å². The average Bonchev–Trinajstić information content (AvgIpc) is 2.59. The molecule has 9 heteroatoms. The van der Waals surface area contributed by atoms with Crippen LogP contribution in [0.1, 0.15) is 19.8 Å². The smallest absolute Gasteiger partial charge is 0.355 e. The third-order valence-electron chi connectivity index (χ3n) is 2.13. The van der Waals surface area contributed by atoms with Crippen LogP contribution in [0.3, 0.4) is 0 Å². The van der Waals surface area contributed by atoms with Crippen molar-refractivity contribution in [3.8, 4) is 0 Å². The molecule has 0 atom stereocenters. The van der Waals surface area contributed by atoms with Gasteiger partial charge in [0.15, 0.2) is 5.71 Å². The summed E-state index contributed by atoms with van der Waals surface area (Å²) in [6.45, 7) is 1.86. The molecule has 0 spiro atoms. The quantitative estimate of drug-likeness (QED) is 0.513. The molecule has 0 fully saturated rings. The summed E-state index contributed by atoms with van der Waals surface area (Å²) in [5.74, 6) is -1.50. The first-order valence-corrected chi connectivity index (χ1v) is 6.94. The fraction of sp³-hybridized carbons (Fsp3) is 0.667. The van der Waals surface area contributed by atoms with Crippen molar-refractivity contribution in [2.24, 2.45) is 5.10 Å². The van der Waals surface area contributed by atoms with Gasteiger partial charge in [-0.25, -0.2) is 9.80 Å². The van der Waals surface area contributed by atoms with Gasteiger partial charge in [-0.15, -0.1) is 0 Å². The van der Waals surface area contributed by atoms with Crippen LogP contribution in [0, 0.1) is 0 Å². The summed E-state index contributed by atoms with van der Waals surface area (Å²) in [4.78, 5) is 22.7. The number of nitrogens with zero attached hydrogens (tertiary/aromatic N) is 2. The van der Waals surface area contributed by atoms with Crippen LogP contribution < -0.4 is 0 Å². The molecule has 0 saturated carbocycles. The number of amides is 1. The van der Waals surface area contributed by atoms with E-state index < -0.39 is 27.7 Å². The summed E-state index contributed by atoms with van der Waals surface area (Å²) < 4.78 is 34.2. The number of carbonyl (C=O) groups is 2. The molecule has 0 aromatic heterocycles. The molecule has 0 radical (unpaired) electrons. The monoisotopic (exact) mass is 278 g/mol. The maximum Gasteiger partial charge on any atom is 0.355 e. The number of esters is 1. The van der Waals surface area contributed by atoms with E-state index in [1.165, 1.54) is 0 Å². The third kappa shape index (κ3) is 4.41. The molecule has 1 aliphatic rings. The highest BCUT2D eigenvalue weighted by Gasteiger charge is 2.28. The Balaban J connectivity index is 2.52. The van der Waals surface area contributed by atoms with Crippen LogP contribution in [0.2, 0.25) is 0 Å². The van der Waals surface area contributed by atoms with Gasteiger partial charge in [-0.3, -0.25) is 9.35 Å². The maximum atomic E-state index is 11.4. The Bertz CT molecular complexity index is 469. The van der Waals surface area contributed by atoms with Gasteiger partial charge in [-0.05, 0) is 13.3 Å². The Morgan fingerprint density at radius 2 is 2.22 bits per heavy atom. The molecule has 0 aliphatic carbocycles. The standard InChI is InChI=1S/C9H14N2O6S/c1-2-17-9(13)7-6-8(12)11(10-7)4-3-5-18(14,15)16/h2-6H2,1H3,(H,14,15,16). The summed E-state index contributed by atoms with van der Waals surface area (Å²) in [5.41, 5.74) is 0.00806. The van der Waals surface area contributed by atoms with Crippen LogP contribution in [-0.4, -0.2) is 54.5 Å². The number of hydrogen-bond donors (Lipinski definition) is 1. The first kappa shape index (κ1) is 14.6. The highest BCUT2D eigenvalue weighted by atomic mass is 32.2. The van der Waals surface area contributed by atoms with Gasteiger partial charge in [-0.1, -0.05) is 0 Å². The molecule has 18 heavy (non-hydrogen) atoms. The van der Waals surface area contributed by atoms with E-state index in [0.717, 1.165) is 5.01 Å². The van der Waals surface area contributed by atoms with Crippen molar-refractivity contribution in [2.75, 3.05) is 18.9 Å². The summed E-state index contributed by atoms with van der Waals surface area (Å²) in [7, 11) is -4.05. The van der Waals surface area contributed by atoms with Crippen molar-refractivity contribution < 1.29 is 27.3 Å². The summed E-state index contributed by atoms with van der Waals surface area (Å²) >= 11 is 0. The second-order valence-corrected chi connectivity index (χ2v) is 5.17. The van der Waals surface area contributed by atoms with Crippen molar-refractivity contribution >= 4 is 27.7 Å². The van der Waals surface area contributed by atoms with Gasteiger partial charge in [0, 0.05) is 6.54 Å². The normalized spacial score (nSPS) is 15.8. The molecular formula is C9H14N2O6S. The third-order valence-corrected chi connectivity index (χ3v) is 2.94. The zero-order valence-electron chi connectivity index (χ0n) is 9.83. The van der Waals surface area contributed by atoms with Gasteiger partial charge in [-0.2, -0.15) is 13.5 Å². The minimum atomic E-state index is -4.05. The van der Waals surface area contributed by atoms with E-state index in [1.54, 1.807) is 6.92 Å². The molecule has 1 aliphatic heterocycles. The Kier molecular flexibility index (Phi) is 4.79. The first-order valence-electron chi connectivity index (χ1n) is 5.33. The molecular weight excluding hydrogens is 264 g/mol. The number of hydrazone groups is 1. The highest BCUT2D eigenvalue weighted by molar-refractivity contribution is 7.85. The second-order valence-electron chi connectivity index (χ2n) is 3.60. The fourth-order valence-electron chi connectivity index (χ4n) is 1.37. The van der Waals surface area contributed by atoms with Crippen LogP contribution in [-0.2, 0) is 24.4 Å². The molecule has 0 saturated heterocycles. The van der Waals surface area contributed by atoms with Crippen molar-refractivity contribution in [2.45, 2.75) is 19.8 Å². The van der Waals surface area contributed by atoms with Crippen molar-refractivity contribution in [1.82, 2.24) is 5.01 Å². The molecule has 1 N–H and O–H groups in total. The van der Waals surface area contributed by atoms with E-state index in [0.29, 0.717) is 0 Å². The number of carbonyl (C=O) groups excluding carboxylic acids is 2. The molecule has 0 unspecified atom stereocenters. The molecule has 1 heterocycles. The number of rotatable bonds is 6. The predicted octanol–water partition coefficient (Wildman–Crippen LogP) is -0.584. The topological polar surface area (TPSA) is 113 Å². The second kappa shape index (κ2) is 5.91. The van der Waals surface area contributed by atoms with Crippen molar-refractivity contribution in [1.29, 1.82) is 0 Å². The zero-order chi connectivity index (χ0) is 13.8. The van der Waals surface area contributed by atoms with Gasteiger partial charge in [0.25, 0.3) is 10.1 Å².